The van der Waals surface area contributed by atoms with E-state index >= 15 is 0 Å². The van der Waals surface area contributed by atoms with Crippen molar-refractivity contribution in [1.82, 2.24) is 0 Å². The fraction of sp³-hybridized carbons (Fsp3) is 0.150. The lowest BCUT2D eigenvalue weighted by Crippen LogP contribution is -3.00. The van der Waals surface area contributed by atoms with Crippen LogP contribution in [0.15, 0.2) is 42.7 Å². The van der Waals surface area contributed by atoms with Crippen LogP contribution >= 0.6 is 0 Å². The van der Waals surface area contributed by atoms with Gasteiger partial charge in [0.2, 0.25) is 18.1 Å². The molecule has 0 atom stereocenters. The maximum Gasteiger partial charge on any atom is 0.231 e. The van der Waals surface area contributed by atoms with E-state index in [1.54, 1.807) is 13.2 Å². The molecule has 2 aromatic heterocycles. The number of hydrogen-bond acceptors (Lipinski definition) is 5. The Kier molecular flexibility index (Phi) is 4.11. The van der Waals surface area contributed by atoms with Gasteiger partial charge >= 0.3 is 0 Å². The fourth-order valence-electron chi connectivity index (χ4n) is 3.57. The molecule has 7 heteroatoms. The number of ether oxygens (including phenoxy) is 4. The molecule has 0 bridgehead atoms. The summed E-state index contributed by atoms with van der Waals surface area (Å²) in [5.74, 6) is 2.51. The normalized spacial score (nSPS) is 12.4. The van der Waals surface area contributed by atoms with E-state index in [0.29, 0.717) is 28.4 Å². The molecule has 0 saturated heterocycles. The van der Waals surface area contributed by atoms with Gasteiger partial charge in [0.25, 0.3) is 0 Å². The molecule has 0 aliphatic carbocycles. The van der Waals surface area contributed by atoms with Crippen LogP contribution in [0.5, 0.6) is 28.7 Å². The van der Waals surface area contributed by atoms with Crippen molar-refractivity contribution in [2.45, 2.75) is 0 Å². The van der Waals surface area contributed by atoms with Gasteiger partial charge in [-0.25, -0.2) is 0 Å². The van der Waals surface area contributed by atoms with Crippen molar-refractivity contribution in [2.75, 3.05) is 21.0 Å². The van der Waals surface area contributed by atoms with E-state index in [1.807, 2.05) is 41.1 Å². The van der Waals surface area contributed by atoms with Crippen molar-refractivity contribution in [2.24, 2.45) is 0 Å². The number of hydrogen-bond donors (Lipinski definition) is 1. The summed E-state index contributed by atoms with van der Waals surface area (Å²) in [6, 6.07) is 9.63. The van der Waals surface area contributed by atoms with E-state index in [4.69, 9.17) is 18.9 Å². The molecule has 138 valence electrons. The van der Waals surface area contributed by atoms with Gasteiger partial charge in [0.15, 0.2) is 35.4 Å². The van der Waals surface area contributed by atoms with Crippen LogP contribution in [-0.2, 0) is 0 Å². The van der Waals surface area contributed by atoms with Gasteiger partial charge in [-0.2, -0.15) is 4.40 Å². The quantitative estimate of drug-likeness (QED) is 0.280. The van der Waals surface area contributed by atoms with Crippen molar-refractivity contribution >= 4 is 27.1 Å². The highest BCUT2D eigenvalue weighted by atomic mass is 79.9. The van der Waals surface area contributed by atoms with Crippen LogP contribution < -0.4 is 40.3 Å². The number of nitrogens with zero attached hydrogens (tertiary/aromatic N) is 1. The summed E-state index contributed by atoms with van der Waals surface area (Å²) in [6.45, 7) is 0.184. The summed E-state index contributed by atoms with van der Waals surface area (Å²) in [6.07, 6.45) is 3.82. The molecule has 0 unspecified atom stereocenters. The standard InChI is InChI=1S/C20H15NO5.BrH/c1-23-15-4-3-11-7-14-17-12(5-6-21(14)9-13(11)18(15)22)8-16-19(20(17)24-2)26-10-25-16;/h3-9H,10H2,1-2H3;1H. The predicted octanol–water partition coefficient (Wildman–Crippen LogP) is 0.187. The molecule has 1 N–H and O–H groups in total. The molecule has 0 spiro atoms. The molecule has 5 rings (SSSR count). The third-order valence-electron chi connectivity index (χ3n) is 4.80. The minimum atomic E-state index is 0. The first kappa shape index (κ1) is 17.5. The Morgan fingerprint density at radius 1 is 1.04 bits per heavy atom. The van der Waals surface area contributed by atoms with Gasteiger partial charge < -0.3 is 41.0 Å². The number of aromatic hydroxyl groups is 1. The van der Waals surface area contributed by atoms with Gasteiger partial charge in [-0.15, -0.1) is 0 Å². The fourth-order valence-corrected chi connectivity index (χ4v) is 3.57. The van der Waals surface area contributed by atoms with Gasteiger partial charge in [-0.05, 0) is 23.6 Å². The number of rotatable bonds is 2. The van der Waals surface area contributed by atoms with E-state index < -0.39 is 0 Å². The Bertz CT molecular complexity index is 1210. The van der Waals surface area contributed by atoms with Crippen LogP contribution in [0.2, 0.25) is 0 Å². The van der Waals surface area contributed by atoms with Crippen LogP contribution in [0.1, 0.15) is 0 Å². The highest BCUT2D eigenvalue weighted by molar-refractivity contribution is 6.04. The average molecular weight is 430 g/mol. The monoisotopic (exact) mass is 429 g/mol. The van der Waals surface area contributed by atoms with Gasteiger partial charge in [-0.1, -0.05) is 0 Å². The molecule has 1 aliphatic rings. The Morgan fingerprint density at radius 2 is 1.89 bits per heavy atom. The highest BCUT2D eigenvalue weighted by Gasteiger charge is 2.26. The summed E-state index contributed by atoms with van der Waals surface area (Å²) in [5, 5.41) is 14.0. The second-order valence-electron chi connectivity index (χ2n) is 6.11. The summed E-state index contributed by atoms with van der Waals surface area (Å²) < 4.78 is 23.9. The summed E-state index contributed by atoms with van der Waals surface area (Å²) >= 11 is 0. The maximum atomic E-state index is 10.5. The van der Waals surface area contributed by atoms with E-state index in [-0.39, 0.29) is 29.5 Å². The first-order chi connectivity index (χ1) is 12.7. The van der Waals surface area contributed by atoms with E-state index in [0.717, 1.165) is 21.7 Å². The predicted molar refractivity (Wildman–Crippen MR) is 95.5 cm³/mol. The smallest absolute Gasteiger partial charge is 0.231 e. The lowest BCUT2D eigenvalue weighted by molar-refractivity contribution is -0.509. The molecular weight excluding hydrogens is 414 g/mol. The van der Waals surface area contributed by atoms with E-state index in [9.17, 15) is 5.11 Å². The van der Waals surface area contributed by atoms with Crippen LogP contribution in [-0.4, -0.2) is 26.1 Å². The lowest BCUT2D eigenvalue weighted by atomic mass is 10.0. The number of benzene rings is 2. The molecule has 0 fully saturated rings. The van der Waals surface area contributed by atoms with Crippen LogP contribution in [0.25, 0.3) is 27.1 Å². The number of pyridine rings is 2. The average Bonchev–Trinajstić information content (AvgIpc) is 3.13. The molecular formula is C20H16BrNO5. The third-order valence-corrected chi connectivity index (χ3v) is 4.80. The van der Waals surface area contributed by atoms with Crippen LogP contribution in [0, 0.1) is 0 Å². The number of phenolic OH excluding ortho intramolecular Hbond substituents is 1. The summed E-state index contributed by atoms with van der Waals surface area (Å²) in [4.78, 5) is 0. The van der Waals surface area contributed by atoms with Crippen molar-refractivity contribution in [1.29, 1.82) is 0 Å². The van der Waals surface area contributed by atoms with Crippen LogP contribution in [0.4, 0.5) is 0 Å². The molecule has 3 heterocycles. The second-order valence-corrected chi connectivity index (χ2v) is 6.11. The van der Waals surface area contributed by atoms with Crippen molar-refractivity contribution in [3.8, 4) is 28.7 Å². The molecule has 2 aromatic carbocycles. The molecule has 4 aromatic rings. The number of phenols is 1. The summed E-state index contributed by atoms with van der Waals surface area (Å²) in [5.41, 5.74) is 0.940. The zero-order valence-electron chi connectivity index (χ0n) is 14.7. The van der Waals surface area contributed by atoms with Crippen LogP contribution in [0.3, 0.4) is 0 Å². The van der Waals surface area contributed by atoms with Crippen molar-refractivity contribution in [3.05, 3.63) is 42.7 Å². The van der Waals surface area contributed by atoms with E-state index in [1.165, 1.54) is 7.11 Å². The zero-order chi connectivity index (χ0) is 17.8. The molecule has 0 amide bonds. The van der Waals surface area contributed by atoms with Gasteiger partial charge in [0, 0.05) is 17.5 Å². The van der Waals surface area contributed by atoms with E-state index in [2.05, 4.69) is 0 Å². The SMILES string of the molecule is COc1ccc2cc3c4c(OC)c5c(cc4cc[n+]3cc2c1O)OCO5.[Br-]. The first-order valence-electron chi connectivity index (χ1n) is 8.15. The molecule has 0 saturated carbocycles. The Hall–Kier alpha value is -2.93. The number of methoxy groups -OCH3 is 2. The second kappa shape index (κ2) is 6.35. The Balaban J connectivity index is 0.00000180. The Labute approximate surface area is 165 Å². The zero-order valence-corrected chi connectivity index (χ0v) is 16.2. The number of halogens is 1. The molecule has 0 radical (unpaired) electrons. The minimum Gasteiger partial charge on any atom is -1.00 e. The highest BCUT2D eigenvalue weighted by Crippen LogP contribution is 2.47. The minimum absolute atomic E-state index is 0. The first-order valence-corrected chi connectivity index (χ1v) is 8.15. The number of aromatic nitrogens is 1. The van der Waals surface area contributed by atoms with Gasteiger partial charge in [-0.3, -0.25) is 0 Å². The largest absolute Gasteiger partial charge is 1.00 e. The van der Waals surface area contributed by atoms with Crippen molar-refractivity contribution in [3.63, 3.8) is 0 Å². The molecule has 27 heavy (non-hydrogen) atoms. The maximum absolute atomic E-state index is 10.5. The molecule has 1 aliphatic heterocycles. The van der Waals surface area contributed by atoms with Gasteiger partial charge in [0.1, 0.15) is 5.39 Å². The summed E-state index contributed by atoms with van der Waals surface area (Å²) in [7, 11) is 3.16. The number of fused-ring (bicyclic) bond motifs is 5. The van der Waals surface area contributed by atoms with Gasteiger partial charge in [0.05, 0.1) is 19.6 Å². The third kappa shape index (κ3) is 2.42. The molecule has 6 nitrogen and oxygen atoms in total. The lowest BCUT2D eigenvalue weighted by Gasteiger charge is -2.10. The topological polar surface area (TPSA) is 61.3 Å². The Morgan fingerprint density at radius 3 is 2.67 bits per heavy atom. The van der Waals surface area contributed by atoms with Crippen molar-refractivity contribution < 1.29 is 45.4 Å².